The zero-order valence-corrected chi connectivity index (χ0v) is 18.2. The fraction of sp³-hybridized carbons (Fsp3) is 0.214. The zero-order chi connectivity index (χ0) is 22.4. The number of aromatic nitrogens is 3. The number of hydrogen-bond acceptors (Lipinski definition) is 3. The quantitative estimate of drug-likeness (QED) is 0.281. The number of allylic oxidation sites excluding steroid dienone is 1. The first kappa shape index (κ1) is 22.5. The zero-order valence-electron chi connectivity index (χ0n) is 18.2. The molecule has 0 aliphatic rings. The van der Waals surface area contributed by atoms with E-state index in [2.05, 4.69) is 56.5 Å². The Kier molecular flexibility index (Phi) is 8.77. The van der Waals surface area contributed by atoms with Crippen molar-refractivity contribution in [2.45, 2.75) is 39.0 Å². The lowest BCUT2D eigenvalue weighted by Gasteiger charge is -2.00. The standard InChI is InChI=1S/C28H24N4/c1-3-4-5-6-10-25-15-12-23(20-30-25)9-7-8-11-26-16-13-24(21-31-26)14-17-27-18-19-28(29-2)22-32-27/h8,11-13,15-16,18-22H,3-6,10H2,1H3. The van der Waals surface area contributed by atoms with Gasteiger partial charge < -0.3 is 0 Å². The van der Waals surface area contributed by atoms with Gasteiger partial charge in [0.2, 0.25) is 5.69 Å². The average molecular weight is 417 g/mol. The van der Waals surface area contributed by atoms with Gasteiger partial charge in [0, 0.05) is 35.4 Å². The second kappa shape index (κ2) is 12.5. The molecule has 0 amide bonds. The summed E-state index contributed by atoms with van der Waals surface area (Å²) in [4.78, 5) is 16.3. The molecule has 3 heterocycles. The molecule has 0 bridgehead atoms. The van der Waals surface area contributed by atoms with Crippen molar-refractivity contribution in [2.75, 3.05) is 0 Å². The summed E-state index contributed by atoms with van der Waals surface area (Å²) in [5, 5.41) is 0. The minimum atomic E-state index is 0.502. The van der Waals surface area contributed by atoms with Crippen molar-refractivity contribution >= 4 is 11.8 Å². The van der Waals surface area contributed by atoms with Gasteiger partial charge in [-0.15, -0.1) is 0 Å². The molecule has 3 aromatic rings. The Morgan fingerprint density at radius 1 is 0.844 bits per heavy atom. The van der Waals surface area contributed by atoms with Crippen molar-refractivity contribution in [3.8, 4) is 23.7 Å². The van der Waals surface area contributed by atoms with Gasteiger partial charge in [-0.1, -0.05) is 50.0 Å². The van der Waals surface area contributed by atoms with Crippen molar-refractivity contribution in [1.82, 2.24) is 15.0 Å². The van der Waals surface area contributed by atoms with Crippen molar-refractivity contribution in [3.05, 3.63) is 101 Å². The summed E-state index contributed by atoms with van der Waals surface area (Å²) >= 11 is 0. The molecule has 0 fully saturated rings. The van der Waals surface area contributed by atoms with Gasteiger partial charge in [-0.2, -0.15) is 0 Å². The topological polar surface area (TPSA) is 43.0 Å². The minimum absolute atomic E-state index is 0.502. The van der Waals surface area contributed by atoms with E-state index in [1.54, 1.807) is 24.4 Å². The number of pyridine rings is 3. The molecule has 4 nitrogen and oxygen atoms in total. The van der Waals surface area contributed by atoms with Crippen LogP contribution in [0.25, 0.3) is 10.9 Å². The van der Waals surface area contributed by atoms with Crippen LogP contribution in [-0.2, 0) is 6.42 Å². The van der Waals surface area contributed by atoms with Crippen molar-refractivity contribution in [3.63, 3.8) is 0 Å². The summed E-state index contributed by atoms with van der Waals surface area (Å²) in [5.41, 5.74) is 4.77. The highest BCUT2D eigenvalue weighted by Crippen LogP contribution is 2.09. The van der Waals surface area contributed by atoms with Crippen molar-refractivity contribution in [2.24, 2.45) is 0 Å². The first-order valence-electron chi connectivity index (χ1n) is 10.7. The third-order valence-corrected chi connectivity index (χ3v) is 4.66. The van der Waals surface area contributed by atoms with Gasteiger partial charge in [0.25, 0.3) is 0 Å². The number of aryl methyl sites for hydroxylation is 1. The van der Waals surface area contributed by atoms with E-state index >= 15 is 0 Å². The van der Waals surface area contributed by atoms with Crippen LogP contribution in [0.2, 0.25) is 0 Å². The lowest BCUT2D eigenvalue weighted by atomic mass is 10.1. The molecule has 0 saturated carbocycles. The number of hydrogen-bond donors (Lipinski definition) is 0. The Balaban J connectivity index is 1.52. The molecule has 0 aromatic carbocycles. The molecule has 3 rings (SSSR count). The first-order chi connectivity index (χ1) is 15.8. The summed E-state index contributed by atoms with van der Waals surface area (Å²) in [6, 6.07) is 11.3. The summed E-state index contributed by atoms with van der Waals surface area (Å²) in [7, 11) is 0. The van der Waals surface area contributed by atoms with E-state index in [-0.39, 0.29) is 0 Å². The Bertz CT molecular complexity index is 1190. The molecule has 0 aliphatic carbocycles. The van der Waals surface area contributed by atoms with Crippen LogP contribution in [0.4, 0.5) is 5.69 Å². The number of nitrogens with zero attached hydrogens (tertiary/aromatic N) is 4. The highest BCUT2D eigenvalue weighted by molar-refractivity contribution is 5.52. The Labute approximate surface area is 190 Å². The molecule has 4 heteroatoms. The Hall–Kier alpha value is -4.20. The van der Waals surface area contributed by atoms with Crippen LogP contribution < -0.4 is 0 Å². The molecule has 0 atom stereocenters. The SMILES string of the molecule is [C-]#[N+]c1ccc(C#Cc2ccc(C=CC#Cc3ccc(CCCCCC)nc3)nc2)nc1. The monoisotopic (exact) mass is 416 g/mol. The second-order valence-corrected chi connectivity index (χ2v) is 7.19. The van der Waals surface area contributed by atoms with Crippen LogP contribution in [-0.4, -0.2) is 15.0 Å². The van der Waals surface area contributed by atoms with Gasteiger partial charge in [-0.05, 0) is 61.2 Å². The van der Waals surface area contributed by atoms with Crippen LogP contribution in [0.5, 0.6) is 0 Å². The lowest BCUT2D eigenvalue weighted by Crippen LogP contribution is -1.90. The molecule has 0 spiro atoms. The van der Waals surface area contributed by atoms with Gasteiger partial charge in [0.15, 0.2) is 0 Å². The Morgan fingerprint density at radius 3 is 2.38 bits per heavy atom. The van der Waals surface area contributed by atoms with Gasteiger partial charge in [0.1, 0.15) is 5.69 Å². The average Bonchev–Trinajstić information content (AvgIpc) is 2.85. The van der Waals surface area contributed by atoms with E-state index in [1.165, 1.54) is 31.9 Å². The minimum Gasteiger partial charge on any atom is -0.260 e. The van der Waals surface area contributed by atoms with Crippen LogP contribution in [0, 0.1) is 30.3 Å². The second-order valence-electron chi connectivity index (χ2n) is 7.19. The summed E-state index contributed by atoms with van der Waals surface area (Å²) < 4.78 is 0. The largest absolute Gasteiger partial charge is 0.260 e. The molecule has 0 radical (unpaired) electrons. The molecule has 156 valence electrons. The van der Waals surface area contributed by atoms with Gasteiger partial charge in [-0.3, -0.25) is 15.0 Å². The van der Waals surface area contributed by atoms with E-state index in [0.717, 1.165) is 28.9 Å². The Morgan fingerprint density at radius 2 is 1.69 bits per heavy atom. The molecule has 0 unspecified atom stereocenters. The molecule has 3 aromatic heterocycles. The van der Waals surface area contributed by atoms with E-state index in [4.69, 9.17) is 6.57 Å². The predicted molar refractivity (Wildman–Crippen MR) is 129 cm³/mol. The van der Waals surface area contributed by atoms with Crippen LogP contribution >= 0.6 is 0 Å². The number of rotatable bonds is 6. The summed E-state index contributed by atoms with van der Waals surface area (Å²) in [5.74, 6) is 12.1. The highest BCUT2D eigenvalue weighted by atomic mass is 14.7. The van der Waals surface area contributed by atoms with E-state index < -0.39 is 0 Å². The fourth-order valence-electron chi connectivity index (χ4n) is 2.87. The normalized spacial score (nSPS) is 10.0. The van der Waals surface area contributed by atoms with Crippen LogP contribution in [0.3, 0.4) is 0 Å². The summed E-state index contributed by atoms with van der Waals surface area (Å²) in [6.45, 7) is 9.16. The van der Waals surface area contributed by atoms with E-state index in [0.29, 0.717) is 11.4 Å². The van der Waals surface area contributed by atoms with Gasteiger partial charge in [0.05, 0.1) is 12.3 Å². The number of unbranched alkanes of at least 4 members (excludes halogenated alkanes) is 3. The highest BCUT2D eigenvalue weighted by Gasteiger charge is 1.95. The molecular weight excluding hydrogens is 392 g/mol. The summed E-state index contributed by atoms with van der Waals surface area (Å²) in [6.07, 6.45) is 14.8. The first-order valence-corrected chi connectivity index (χ1v) is 10.7. The molecule has 32 heavy (non-hydrogen) atoms. The maximum atomic E-state index is 6.94. The van der Waals surface area contributed by atoms with Gasteiger partial charge >= 0.3 is 0 Å². The fourth-order valence-corrected chi connectivity index (χ4v) is 2.87. The predicted octanol–water partition coefficient (Wildman–Crippen LogP) is 6.01. The molecule has 0 saturated heterocycles. The van der Waals surface area contributed by atoms with Crippen LogP contribution in [0.1, 0.15) is 60.8 Å². The maximum Gasteiger partial charge on any atom is 0.205 e. The maximum absolute atomic E-state index is 6.94. The van der Waals surface area contributed by atoms with Gasteiger partial charge in [-0.25, -0.2) is 4.85 Å². The third-order valence-electron chi connectivity index (χ3n) is 4.66. The third kappa shape index (κ3) is 7.56. The molecular formula is C28H24N4. The van der Waals surface area contributed by atoms with Crippen LogP contribution in [0.15, 0.2) is 61.1 Å². The molecule has 0 aliphatic heterocycles. The van der Waals surface area contributed by atoms with Crippen molar-refractivity contribution < 1.29 is 0 Å². The lowest BCUT2D eigenvalue weighted by molar-refractivity contribution is 0.660. The van der Waals surface area contributed by atoms with Crippen molar-refractivity contribution in [1.29, 1.82) is 0 Å². The smallest absolute Gasteiger partial charge is 0.205 e. The molecule has 0 N–H and O–H groups in total. The van der Waals surface area contributed by atoms with E-state index in [1.807, 2.05) is 30.5 Å². The van der Waals surface area contributed by atoms with E-state index in [9.17, 15) is 0 Å².